The summed E-state index contributed by atoms with van der Waals surface area (Å²) in [7, 11) is 0. The highest BCUT2D eigenvalue weighted by atomic mass is 19.2. The number of hydrogen-bond acceptors (Lipinski definition) is 4. The standard InChI is InChI=1S/C18H23F2N3O2/c1-13(14-2-3-15(19)16(20)12-14)22-9-6-21(7-10-22)8-11-23-17(24)4-5-18(23)25/h2-3,12-13H,4-11H2,1H3/t13-/m1/s1. The van der Waals surface area contributed by atoms with E-state index in [0.717, 1.165) is 31.7 Å². The second-order valence-corrected chi connectivity index (χ2v) is 6.67. The van der Waals surface area contributed by atoms with Gasteiger partial charge in [-0.1, -0.05) is 6.07 Å². The maximum Gasteiger partial charge on any atom is 0.229 e. The third kappa shape index (κ3) is 4.04. The molecule has 0 aliphatic carbocycles. The first-order chi connectivity index (χ1) is 12.0. The molecule has 136 valence electrons. The number of carbonyl (C=O) groups excluding carboxylic acids is 2. The van der Waals surface area contributed by atoms with E-state index in [9.17, 15) is 18.4 Å². The molecule has 2 amide bonds. The van der Waals surface area contributed by atoms with Gasteiger partial charge in [0.25, 0.3) is 0 Å². The summed E-state index contributed by atoms with van der Waals surface area (Å²) in [5.41, 5.74) is 0.764. The molecule has 0 N–H and O–H groups in total. The van der Waals surface area contributed by atoms with Gasteiger partial charge in [-0.15, -0.1) is 0 Å². The first-order valence-electron chi connectivity index (χ1n) is 8.70. The lowest BCUT2D eigenvalue weighted by Gasteiger charge is -2.38. The molecule has 2 fully saturated rings. The summed E-state index contributed by atoms with van der Waals surface area (Å²) in [5, 5.41) is 0. The van der Waals surface area contributed by atoms with E-state index in [4.69, 9.17) is 0 Å². The highest BCUT2D eigenvalue weighted by Gasteiger charge is 2.29. The van der Waals surface area contributed by atoms with Crippen LogP contribution in [-0.4, -0.2) is 65.8 Å². The van der Waals surface area contributed by atoms with E-state index in [1.165, 1.54) is 17.0 Å². The highest BCUT2D eigenvalue weighted by Crippen LogP contribution is 2.23. The minimum atomic E-state index is -0.827. The van der Waals surface area contributed by atoms with Crippen molar-refractivity contribution in [1.82, 2.24) is 14.7 Å². The Balaban J connectivity index is 1.48. The summed E-state index contributed by atoms with van der Waals surface area (Å²) < 4.78 is 26.5. The van der Waals surface area contributed by atoms with Crippen LogP contribution in [0.15, 0.2) is 18.2 Å². The van der Waals surface area contributed by atoms with Gasteiger partial charge in [0, 0.05) is 58.2 Å². The normalized spacial score (nSPS) is 21.2. The van der Waals surface area contributed by atoms with Gasteiger partial charge in [0.15, 0.2) is 11.6 Å². The smallest absolute Gasteiger partial charge is 0.229 e. The number of carbonyl (C=O) groups is 2. The minimum absolute atomic E-state index is 0.0130. The molecule has 1 atom stereocenters. The van der Waals surface area contributed by atoms with Crippen LogP contribution in [0.25, 0.3) is 0 Å². The molecule has 25 heavy (non-hydrogen) atoms. The molecule has 2 aliphatic rings. The Bertz CT molecular complexity index is 644. The quantitative estimate of drug-likeness (QED) is 0.759. The van der Waals surface area contributed by atoms with Crippen LogP contribution in [0.2, 0.25) is 0 Å². The van der Waals surface area contributed by atoms with Crippen molar-refractivity contribution in [1.29, 1.82) is 0 Å². The van der Waals surface area contributed by atoms with Crippen LogP contribution in [0.4, 0.5) is 8.78 Å². The Morgan fingerprint density at radius 2 is 1.60 bits per heavy atom. The Hall–Kier alpha value is -1.86. The number of halogens is 2. The maximum atomic E-state index is 13.4. The van der Waals surface area contributed by atoms with Crippen LogP contribution in [0.1, 0.15) is 31.4 Å². The Labute approximate surface area is 146 Å². The zero-order valence-corrected chi connectivity index (χ0v) is 14.4. The Morgan fingerprint density at radius 1 is 0.960 bits per heavy atom. The van der Waals surface area contributed by atoms with Crippen molar-refractivity contribution in [3.8, 4) is 0 Å². The second-order valence-electron chi connectivity index (χ2n) is 6.67. The number of piperazine rings is 1. The molecular formula is C18H23F2N3O2. The number of amides is 2. The molecule has 0 bridgehead atoms. The molecule has 2 heterocycles. The van der Waals surface area contributed by atoms with Crippen molar-refractivity contribution in [2.75, 3.05) is 39.3 Å². The average molecular weight is 351 g/mol. The highest BCUT2D eigenvalue weighted by molar-refractivity contribution is 6.01. The number of likely N-dealkylation sites (tertiary alicyclic amines) is 1. The fourth-order valence-corrected chi connectivity index (χ4v) is 3.47. The topological polar surface area (TPSA) is 43.9 Å². The first kappa shape index (κ1) is 17.9. The van der Waals surface area contributed by atoms with Crippen molar-refractivity contribution in [2.45, 2.75) is 25.8 Å². The van der Waals surface area contributed by atoms with E-state index in [2.05, 4.69) is 9.80 Å². The van der Waals surface area contributed by atoms with Crippen LogP contribution in [0.5, 0.6) is 0 Å². The number of imide groups is 1. The molecule has 0 saturated carbocycles. The Morgan fingerprint density at radius 3 is 2.20 bits per heavy atom. The molecule has 0 unspecified atom stereocenters. The van der Waals surface area contributed by atoms with E-state index in [1.807, 2.05) is 6.92 Å². The maximum absolute atomic E-state index is 13.4. The van der Waals surface area contributed by atoms with Gasteiger partial charge in [0.1, 0.15) is 0 Å². The number of hydrogen-bond donors (Lipinski definition) is 0. The van der Waals surface area contributed by atoms with E-state index in [0.29, 0.717) is 25.9 Å². The van der Waals surface area contributed by atoms with E-state index in [1.54, 1.807) is 6.07 Å². The molecule has 0 spiro atoms. The summed E-state index contributed by atoms with van der Waals surface area (Å²) in [6, 6.07) is 4.07. The van der Waals surface area contributed by atoms with Crippen LogP contribution >= 0.6 is 0 Å². The molecule has 5 nitrogen and oxygen atoms in total. The third-order valence-corrected chi connectivity index (χ3v) is 5.18. The zero-order valence-electron chi connectivity index (χ0n) is 14.4. The predicted octanol–water partition coefficient (Wildman–Crippen LogP) is 1.79. The van der Waals surface area contributed by atoms with Crippen LogP contribution in [0, 0.1) is 11.6 Å². The molecule has 7 heteroatoms. The molecule has 3 rings (SSSR count). The second kappa shape index (κ2) is 7.58. The summed E-state index contributed by atoms with van der Waals surface area (Å²) >= 11 is 0. The molecule has 1 aromatic rings. The lowest BCUT2D eigenvalue weighted by Crippen LogP contribution is -2.49. The minimum Gasteiger partial charge on any atom is -0.299 e. The third-order valence-electron chi connectivity index (χ3n) is 5.18. The fraction of sp³-hybridized carbons (Fsp3) is 0.556. The van der Waals surface area contributed by atoms with Crippen molar-refractivity contribution >= 4 is 11.8 Å². The molecule has 0 radical (unpaired) electrons. The first-order valence-corrected chi connectivity index (χ1v) is 8.70. The van der Waals surface area contributed by atoms with Gasteiger partial charge >= 0.3 is 0 Å². The Kier molecular flexibility index (Phi) is 5.44. The molecule has 2 saturated heterocycles. The lowest BCUT2D eigenvalue weighted by molar-refractivity contribution is -0.138. The number of benzene rings is 1. The van der Waals surface area contributed by atoms with Crippen molar-refractivity contribution in [3.63, 3.8) is 0 Å². The van der Waals surface area contributed by atoms with Crippen molar-refractivity contribution in [2.24, 2.45) is 0 Å². The van der Waals surface area contributed by atoms with Gasteiger partial charge in [-0.2, -0.15) is 0 Å². The number of nitrogens with zero attached hydrogens (tertiary/aromatic N) is 3. The van der Waals surface area contributed by atoms with E-state index < -0.39 is 11.6 Å². The summed E-state index contributed by atoms with van der Waals surface area (Å²) in [6.45, 7) is 6.39. The average Bonchev–Trinajstić information content (AvgIpc) is 2.93. The van der Waals surface area contributed by atoms with Crippen LogP contribution in [0.3, 0.4) is 0 Å². The lowest BCUT2D eigenvalue weighted by atomic mass is 10.1. The van der Waals surface area contributed by atoms with Gasteiger partial charge in [0.05, 0.1) is 0 Å². The van der Waals surface area contributed by atoms with E-state index >= 15 is 0 Å². The largest absolute Gasteiger partial charge is 0.299 e. The molecule has 1 aromatic carbocycles. The van der Waals surface area contributed by atoms with Gasteiger partial charge in [-0.25, -0.2) is 8.78 Å². The monoisotopic (exact) mass is 351 g/mol. The van der Waals surface area contributed by atoms with Crippen LogP contribution < -0.4 is 0 Å². The zero-order chi connectivity index (χ0) is 18.0. The van der Waals surface area contributed by atoms with Crippen LogP contribution in [-0.2, 0) is 9.59 Å². The number of rotatable bonds is 5. The summed E-state index contributed by atoms with van der Waals surface area (Å²) in [6.07, 6.45) is 0.663. The van der Waals surface area contributed by atoms with Crippen molar-refractivity contribution < 1.29 is 18.4 Å². The van der Waals surface area contributed by atoms with E-state index in [-0.39, 0.29) is 17.9 Å². The molecule has 0 aromatic heterocycles. The van der Waals surface area contributed by atoms with Gasteiger partial charge < -0.3 is 0 Å². The van der Waals surface area contributed by atoms with Gasteiger partial charge in [-0.05, 0) is 24.6 Å². The SMILES string of the molecule is C[C@H](c1ccc(F)c(F)c1)N1CCN(CCN2C(=O)CCC2=O)CC1. The fourth-order valence-electron chi connectivity index (χ4n) is 3.47. The van der Waals surface area contributed by atoms with Gasteiger partial charge in [0.2, 0.25) is 11.8 Å². The molecule has 2 aliphatic heterocycles. The summed E-state index contributed by atoms with van der Waals surface area (Å²) in [4.78, 5) is 29.1. The molecular weight excluding hydrogens is 328 g/mol. The summed E-state index contributed by atoms with van der Waals surface area (Å²) in [5.74, 6) is -1.79. The van der Waals surface area contributed by atoms with Crippen molar-refractivity contribution in [3.05, 3.63) is 35.4 Å². The van der Waals surface area contributed by atoms with Gasteiger partial charge in [-0.3, -0.25) is 24.3 Å². The predicted molar refractivity (Wildman–Crippen MR) is 88.7 cm³/mol.